The molecule has 10 heteroatoms. The van der Waals surface area contributed by atoms with E-state index in [-0.39, 0.29) is 11.7 Å². The number of carbonyl (C=O) groups excluding carboxylic acids is 2. The molecular weight excluding hydrogens is 504 g/mol. The Balaban J connectivity index is 1.29. The van der Waals surface area contributed by atoms with Gasteiger partial charge in [-0.25, -0.2) is 9.98 Å². The van der Waals surface area contributed by atoms with Gasteiger partial charge in [-0.15, -0.1) is 11.8 Å². The molecule has 184 valence electrons. The van der Waals surface area contributed by atoms with Crippen molar-refractivity contribution in [3.63, 3.8) is 0 Å². The topological polar surface area (TPSA) is 101 Å². The second-order valence-electron chi connectivity index (χ2n) is 7.99. The first-order valence-electron chi connectivity index (χ1n) is 11.5. The number of rotatable bonds is 8. The lowest BCUT2D eigenvalue weighted by molar-refractivity contribution is -0.115. The highest BCUT2D eigenvalue weighted by molar-refractivity contribution is 8.04. The molecule has 0 fully saturated rings. The predicted octanol–water partition coefficient (Wildman–Crippen LogP) is 5.36. The van der Waals surface area contributed by atoms with E-state index in [4.69, 9.17) is 4.98 Å². The lowest BCUT2D eigenvalue weighted by Gasteiger charge is -2.11. The van der Waals surface area contributed by atoms with Crippen molar-refractivity contribution in [1.29, 1.82) is 0 Å². The molecule has 5 rings (SSSR count). The molecule has 2 aromatic heterocycles. The molecule has 8 nitrogen and oxygen atoms in total. The van der Waals surface area contributed by atoms with Crippen molar-refractivity contribution in [2.75, 3.05) is 17.6 Å². The minimum Gasteiger partial charge on any atom is -0.367 e. The van der Waals surface area contributed by atoms with Crippen molar-refractivity contribution < 1.29 is 9.59 Å². The number of ketones is 1. The van der Waals surface area contributed by atoms with E-state index < -0.39 is 0 Å². The fourth-order valence-corrected chi connectivity index (χ4v) is 5.15. The Kier molecular flexibility index (Phi) is 7.48. The first kappa shape index (κ1) is 24.5. The van der Waals surface area contributed by atoms with E-state index in [1.807, 2.05) is 60.8 Å². The van der Waals surface area contributed by atoms with Crippen molar-refractivity contribution in [3.8, 4) is 11.3 Å². The Labute approximate surface area is 221 Å². The van der Waals surface area contributed by atoms with Crippen LogP contribution in [0, 0.1) is 0 Å². The number of nitrogens with zero attached hydrogens (tertiary/aromatic N) is 5. The molecule has 2 heterocycles. The van der Waals surface area contributed by atoms with Crippen molar-refractivity contribution in [1.82, 2.24) is 14.6 Å². The van der Waals surface area contributed by atoms with E-state index in [0.29, 0.717) is 22.9 Å². The number of carbonyl (C=O) groups is 2. The van der Waals surface area contributed by atoms with Crippen molar-refractivity contribution in [3.05, 3.63) is 88.8 Å². The summed E-state index contributed by atoms with van der Waals surface area (Å²) in [5.41, 5.74) is 5.91. The van der Waals surface area contributed by atoms with Crippen molar-refractivity contribution >= 4 is 63.2 Å². The van der Waals surface area contributed by atoms with E-state index in [2.05, 4.69) is 20.4 Å². The number of amides is 1. The third-order valence-electron chi connectivity index (χ3n) is 5.31. The summed E-state index contributed by atoms with van der Waals surface area (Å²) >= 11 is 2.93. The Morgan fingerprint density at radius 1 is 1.14 bits per heavy atom. The molecule has 1 amide bonds. The van der Waals surface area contributed by atoms with Gasteiger partial charge >= 0.3 is 0 Å². The van der Waals surface area contributed by atoms with Gasteiger partial charge in [0.1, 0.15) is 11.2 Å². The second-order valence-corrected chi connectivity index (χ2v) is 9.94. The molecule has 0 bridgehead atoms. The number of aromatic nitrogens is 3. The van der Waals surface area contributed by atoms with E-state index in [9.17, 15) is 9.59 Å². The molecule has 4 aromatic rings. The Hall–Kier alpha value is -4.15. The van der Waals surface area contributed by atoms with Crippen LogP contribution in [0.25, 0.3) is 16.2 Å². The third-order valence-corrected chi connectivity index (χ3v) is 7.03. The SMILES string of the molecule is CC(=O)N=C1C=CC(=O)C=C1SCCNc1c(-c2ccc(N=Cc3ccccc3)cc2)nc2scnn12. The lowest BCUT2D eigenvalue weighted by atomic mass is 10.1. The van der Waals surface area contributed by atoms with Crippen molar-refractivity contribution in [2.24, 2.45) is 9.98 Å². The smallest absolute Gasteiger partial charge is 0.243 e. The maximum Gasteiger partial charge on any atom is 0.243 e. The summed E-state index contributed by atoms with van der Waals surface area (Å²) in [7, 11) is 0. The summed E-state index contributed by atoms with van der Waals surface area (Å²) in [6.07, 6.45) is 6.35. The highest BCUT2D eigenvalue weighted by Crippen LogP contribution is 2.31. The van der Waals surface area contributed by atoms with Crippen LogP contribution in [0.2, 0.25) is 0 Å². The number of fused-ring (bicyclic) bond motifs is 1. The third kappa shape index (κ3) is 5.99. The van der Waals surface area contributed by atoms with Crippen molar-refractivity contribution in [2.45, 2.75) is 6.92 Å². The molecule has 0 atom stereocenters. The standard InChI is InChI=1S/C27H22N6O2S2/c1-18(34)31-23-12-11-22(35)15-24(23)36-14-13-28-26-25(32-27-33(26)30-17-37-27)20-7-9-21(10-8-20)29-16-19-5-3-2-4-6-19/h2-12,15-17,28H,13-14H2,1H3. The average molecular weight is 527 g/mol. The molecule has 1 N–H and O–H groups in total. The zero-order valence-corrected chi connectivity index (χ0v) is 21.5. The van der Waals surface area contributed by atoms with Gasteiger partial charge in [-0.2, -0.15) is 9.61 Å². The molecule has 0 radical (unpaired) electrons. The van der Waals surface area contributed by atoms with Crippen LogP contribution in [0.4, 0.5) is 11.5 Å². The Morgan fingerprint density at radius 3 is 2.73 bits per heavy atom. The molecule has 37 heavy (non-hydrogen) atoms. The van der Waals surface area contributed by atoms with Crippen LogP contribution in [0.15, 0.2) is 93.2 Å². The van der Waals surface area contributed by atoms with E-state index in [1.54, 1.807) is 16.1 Å². The first-order chi connectivity index (χ1) is 18.1. The Morgan fingerprint density at radius 2 is 1.95 bits per heavy atom. The molecule has 1 aliphatic rings. The monoisotopic (exact) mass is 526 g/mol. The van der Waals surface area contributed by atoms with Crippen LogP contribution in [0.1, 0.15) is 12.5 Å². The van der Waals surface area contributed by atoms with Crippen LogP contribution >= 0.6 is 23.1 Å². The number of anilines is 1. The number of hydrogen-bond donors (Lipinski definition) is 1. The van der Waals surface area contributed by atoms with Gasteiger partial charge in [0.15, 0.2) is 11.6 Å². The van der Waals surface area contributed by atoms with Gasteiger partial charge in [-0.3, -0.25) is 14.6 Å². The highest BCUT2D eigenvalue weighted by Gasteiger charge is 2.17. The number of hydrogen-bond acceptors (Lipinski definition) is 8. The van der Waals surface area contributed by atoms with E-state index >= 15 is 0 Å². The van der Waals surface area contributed by atoms with Gasteiger partial charge in [0, 0.05) is 42.0 Å². The van der Waals surface area contributed by atoms with Crippen LogP contribution in [-0.4, -0.2) is 50.5 Å². The first-order valence-corrected chi connectivity index (χ1v) is 13.4. The normalized spacial score (nSPS) is 14.6. The summed E-state index contributed by atoms with van der Waals surface area (Å²) in [6.45, 7) is 1.98. The molecule has 0 saturated carbocycles. The summed E-state index contributed by atoms with van der Waals surface area (Å²) in [6, 6.07) is 17.9. The van der Waals surface area contributed by atoms with Crippen LogP contribution in [0.5, 0.6) is 0 Å². The number of aliphatic imine (C=N–C) groups is 2. The molecular formula is C27H22N6O2S2. The minimum absolute atomic E-state index is 0.114. The van der Waals surface area contributed by atoms with Gasteiger partial charge in [-0.05, 0) is 29.8 Å². The molecule has 0 unspecified atom stereocenters. The van der Waals surface area contributed by atoms with Gasteiger partial charge < -0.3 is 5.32 Å². The molecule has 0 aliphatic heterocycles. The number of imidazole rings is 1. The van der Waals surface area contributed by atoms with Crippen LogP contribution < -0.4 is 5.32 Å². The fourth-order valence-electron chi connectivity index (χ4n) is 3.65. The maximum absolute atomic E-state index is 11.8. The van der Waals surface area contributed by atoms with Crippen LogP contribution in [0.3, 0.4) is 0 Å². The summed E-state index contributed by atoms with van der Waals surface area (Å²) in [4.78, 5) is 38.1. The van der Waals surface area contributed by atoms with Gasteiger partial charge in [0.25, 0.3) is 0 Å². The highest BCUT2D eigenvalue weighted by atomic mass is 32.2. The number of allylic oxidation sites excluding steroid dienone is 4. The largest absolute Gasteiger partial charge is 0.367 e. The summed E-state index contributed by atoms with van der Waals surface area (Å²) in [5.74, 6) is 1.03. The van der Waals surface area contributed by atoms with E-state index in [1.165, 1.54) is 42.2 Å². The lowest BCUT2D eigenvalue weighted by Crippen LogP contribution is -2.11. The second kappa shape index (κ2) is 11.3. The number of nitrogens with one attached hydrogen (secondary N) is 1. The molecule has 0 spiro atoms. The number of thioether (sulfide) groups is 1. The van der Waals surface area contributed by atoms with Gasteiger partial charge in [-0.1, -0.05) is 53.8 Å². The fraction of sp³-hybridized carbons (Fsp3) is 0.111. The molecule has 0 saturated heterocycles. The minimum atomic E-state index is -0.301. The predicted molar refractivity (Wildman–Crippen MR) is 151 cm³/mol. The zero-order valence-electron chi connectivity index (χ0n) is 19.9. The summed E-state index contributed by atoms with van der Waals surface area (Å²) in [5, 5.41) is 7.87. The van der Waals surface area contributed by atoms with Crippen LogP contribution in [-0.2, 0) is 9.59 Å². The summed E-state index contributed by atoms with van der Waals surface area (Å²) < 4.78 is 1.79. The van der Waals surface area contributed by atoms with Gasteiger partial charge in [0.05, 0.1) is 11.4 Å². The quantitative estimate of drug-likeness (QED) is 0.188. The van der Waals surface area contributed by atoms with Gasteiger partial charge in [0.2, 0.25) is 10.9 Å². The average Bonchev–Trinajstić information content (AvgIpc) is 3.50. The number of benzene rings is 2. The Bertz CT molecular complexity index is 1560. The maximum atomic E-state index is 11.8. The molecule has 1 aliphatic carbocycles. The zero-order chi connectivity index (χ0) is 25.6. The van der Waals surface area contributed by atoms with E-state index in [0.717, 1.165) is 33.3 Å². The molecule has 2 aromatic carbocycles.